The number of primary amides is 2. The Kier molecular flexibility index (Phi) is 4.83. The lowest BCUT2D eigenvalue weighted by molar-refractivity contribution is 0.0986. The average molecular weight is 405 g/mol. The number of nitrogens with two attached hydrogens (primary N) is 2. The first-order valence-electron chi connectivity index (χ1n) is 8.55. The van der Waals surface area contributed by atoms with Gasteiger partial charge in [0.2, 0.25) is 11.8 Å². The molecule has 10 heteroatoms. The van der Waals surface area contributed by atoms with Crippen LogP contribution < -0.4 is 16.8 Å². The van der Waals surface area contributed by atoms with Gasteiger partial charge in [-0.2, -0.15) is 14.3 Å². The van der Waals surface area contributed by atoms with E-state index in [0.29, 0.717) is 27.9 Å². The van der Waals surface area contributed by atoms with Gasteiger partial charge in [-0.05, 0) is 23.2 Å². The summed E-state index contributed by atoms with van der Waals surface area (Å²) in [6.07, 6.45) is 0. The molecule has 0 atom stereocenters. The maximum absolute atomic E-state index is 11.7. The summed E-state index contributed by atoms with van der Waals surface area (Å²) in [6, 6.07) is 14.7. The van der Waals surface area contributed by atoms with Crippen molar-refractivity contribution in [1.82, 2.24) is 19.3 Å². The number of nitrogens with zero attached hydrogens (tertiary/aromatic N) is 4. The molecule has 2 heterocycles. The van der Waals surface area contributed by atoms with Gasteiger partial charge in [0, 0.05) is 11.9 Å². The first-order valence-corrected chi connectivity index (χ1v) is 9.32. The second kappa shape index (κ2) is 7.60. The third kappa shape index (κ3) is 3.73. The normalized spacial score (nSPS) is 10.8. The number of fused-ring (bicyclic) bond motifs is 1. The van der Waals surface area contributed by atoms with Gasteiger partial charge in [0.25, 0.3) is 11.8 Å². The minimum absolute atomic E-state index is 0.168. The van der Waals surface area contributed by atoms with Crippen molar-refractivity contribution in [1.29, 1.82) is 0 Å². The monoisotopic (exact) mass is 405 g/mol. The third-order valence-corrected chi connectivity index (χ3v) is 4.99. The van der Waals surface area contributed by atoms with Crippen LogP contribution in [0.15, 0.2) is 48.5 Å². The van der Waals surface area contributed by atoms with Crippen molar-refractivity contribution < 1.29 is 9.59 Å². The number of anilines is 1. The molecule has 0 unspecified atom stereocenters. The molecule has 0 saturated carbocycles. The van der Waals surface area contributed by atoms with E-state index in [2.05, 4.69) is 24.6 Å². The van der Waals surface area contributed by atoms with Gasteiger partial charge in [0.05, 0.1) is 11.1 Å². The van der Waals surface area contributed by atoms with Gasteiger partial charge in [0.15, 0.2) is 5.82 Å². The highest BCUT2D eigenvalue weighted by Crippen LogP contribution is 2.32. The third-order valence-electron chi connectivity index (χ3n) is 4.13. The highest BCUT2D eigenvalue weighted by atomic mass is 32.1. The smallest absolute Gasteiger partial charge is 0.286 e. The van der Waals surface area contributed by atoms with Crippen LogP contribution in [0.1, 0.15) is 26.5 Å². The van der Waals surface area contributed by atoms with Crippen LogP contribution in [0.25, 0.3) is 21.6 Å². The maximum atomic E-state index is 11.7. The Balaban J connectivity index is 1.76. The predicted molar refractivity (Wildman–Crippen MR) is 109 cm³/mol. The lowest BCUT2D eigenvalue weighted by Crippen LogP contribution is -2.18. The average Bonchev–Trinajstić information content (AvgIpc) is 3.17. The molecule has 0 radical (unpaired) electrons. The Hall–Kier alpha value is -3.92. The van der Waals surface area contributed by atoms with Crippen molar-refractivity contribution in [2.24, 2.45) is 11.5 Å². The minimum atomic E-state index is -0.775. The molecule has 0 aliphatic heterocycles. The van der Waals surface area contributed by atoms with Crippen molar-refractivity contribution in [2.45, 2.75) is 6.54 Å². The number of rotatable bonds is 6. The van der Waals surface area contributed by atoms with Crippen LogP contribution in [0.4, 0.5) is 5.95 Å². The van der Waals surface area contributed by atoms with E-state index >= 15 is 0 Å². The fourth-order valence-electron chi connectivity index (χ4n) is 2.77. The summed E-state index contributed by atoms with van der Waals surface area (Å²) < 4.78 is 4.32. The van der Waals surface area contributed by atoms with Gasteiger partial charge < -0.3 is 16.8 Å². The lowest BCUT2D eigenvalue weighted by atomic mass is 10.1. The van der Waals surface area contributed by atoms with Gasteiger partial charge in [-0.1, -0.05) is 42.5 Å². The summed E-state index contributed by atoms with van der Waals surface area (Å²) in [5, 5.41) is 3.73. The first kappa shape index (κ1) is 18.4. The summed E-state index contributed by atoms with van der Waals surface area (Å²) >= 11 is 1.10. The molecule has 0 bridgehead atoms. The minimum Gasteiger partial charge on any atom is -0.366 e. The first-order chi connectivity index (χ1) is 14.0. The molecule has 0 aliphatic rings. The van der Waals surface area contributed by atoms with Gasteiger partial charge in [0.1, 0.15) is 4.88 Å². The molecule has 0 fully saturated rings. The van der Waals surface area contributed by atoms with Gasteiger partial charge in [-0.3, -0.25) is 9.59 Å². The van der Waals surface area contributed by atoms with Gasteiger partial charge >= 0.3 is 0 Å². The zero-order valence-corrected chi connectivity index (χ0v) is 15.8. The summed E-state index contributed by atoms with van der Waals surface area (Å²) in [6.45, 7) is 0.456. The Labute approximate surface area is 169 Å². The molecule has 2 aromatic carbocycles. The van der Waals surface area contributed by atoms with Crippen molar-refractivity contribution >= 4 is 40.2 Å². The van der Waals surface area contributed by atoms with E-state index in [1.807, 2.05) is 30.3 Å². The lowest BCUT2D eigenvalue weighted by Gasteiger charge is -2.07. The summed E-state index contributed by atoms with van der Waals surface area (Å²) in [4.78, 5) is 36.6. The molecule has 5 N–H and O–H groups in total. The highest BCUT2D eigenvalue weighted by Gasteiger charge is 2.19. The fourth-order valence-corrected chi connectivity index (χ4v) is 3.58. The quantitative estimate of drug-likeness (QED) is 0.444. The van der Waals surface area contributed by atoms with E-state index in [0.717, 1.165) is 17.1 Å². The molecule has 0 saturated heterocycles. The zero-order valence-electron chi connectivity index (χ0n) is 15.0. The molecule has 0 aliphatic carbocycles. The van der Waals surface area contributed by atoms with E-state index in [1.165, 1.54) is 0 Å². The van der Waals surface area contributed by atoms with E-state index in [-0.39, 0.29) is 17.6 Å². The van der Waals surface area contributed by atoms with Crippen molar-refractivity contribution in [3.8, 4) is 10.7 Å². The second-order valence-corrected chi connectivity index (χ2v) is 6.86. The van der Waals surface area contributed by atoms with Crippen LogP contribution in [-0.2, 0) is 6.54 Å². The number of aromatic nitrogens is 4. The zero-order chi connectivity index (χ0) is 20.4. The number of carbonyl (C=O) groups excluding carboxylic acids is 2. The molecule has 2 amide bonds. The topological polar surface area (TPSA) is 150 Å². The molecule has 2 aromatic heterocycles. The molecular weight excluding hydrogens is 390 g/mol. The SMILES string of the molecule is NC(=O)c1nc(NCc2ccccc2)nc(-c2snc3c(C(N)=O)cccc23)n1. The predicted octanol–water partition coefficient (Wildman–Crippen LogP) is 1.96. The van der Waals surface area contributed by atoms with Crippen LogP contribution in [0.5, 0.6) is 0 Å². The summed E-state index contributed by atoms with van der Waals surface area (Å²) in [5.41, 5.74) is 12.6. The van der Waals surface area contributed by atoms with Crippen LogP contribution in [0, 0.1) is 0 Å². The molecule has 144 valence electrons. The highest BCUT2D eigenvalue weighted by molar-refractivity contribution is 7.11. The molecule has 9 nitrogen and oxygen atoms in total. The van der Waals surface area contributed by atoms with E-state index in [1.54, 1.807) is 18.2 Å². The molecule has 29 heavy (non-hydrogen) atoms. The molecule has 4 aromatic rings. The van der Waals surface area contributed by atoms with Crippen LogP contribution in [0.2, 0.25) is 0 Å². The van der Waals surface area contributed by atoms with Crippen LogP contribution >= 0.6 is 11.5 Å². The number of carbonyl (C=O) groups is 2. The molecular formula is C19H15N7O2S. The summed E-state index contributed by atoms with van der Waals surface area (Å²) in [7, 11) is 0. The van der Waals surface area contributed by atoms with Crippen molar-refractivity contribution in [2.75, 3.05) is 5.32 Å². The van der Waals surface area contributed by atoms with E-state index in [9.17, 15) is 9.59 Å². The second-order valence-electron chi connectivity index (χ2n) is 6.09. The van der Waals surface area contributed by atoms with Gasteiger partial charge in [-0.15, -0.1) is 0 Å². The van der Waals surface area contributed by atoms with E-state index < -0.39 is 11.8 Å². The standard InChI is InChI=1S/C19H15N7O2S/c20-15(27)12-8-4-7-11-13(12)26-29-14(11)17-23-18(16(21)28)25-19(24-17)22-9-10-5-2-1-3-6-10/h1-8H,9H2,(H2,20,27)(H2,21,28)(H,22,23,24,25). The Bertz CT molecular complexity index is 1220. The number of amides is 2. The van der Waals surface area contributed by atoms with Crippen LogP contribution in [0.3, 0.4) is 0 Å². The molecule has 4 rings (SSSR count). The maximum Gasteiger partial charge on any atom is 0.286 e. The largest absolute Gasteiger partial charge is 0.366 e. The Morgan fingerprint density at radius 1 is 0.931 bits per heavy atom. The summed E-state index contributed by atoms with van der Waals surface area (Å²) in [5.74, 6) is -1.08. The Morgan fingerprint density at radius 2 is 1.72 bits per heavy atom. The van der Waals surface area contributed by atoms with Crippen molar-refractivity contribution in [3.63, 3.8) is 0 Å². The Morgan fingerprint density at radius 3 is 2.45 bits per heavy atom. The number of hydrogen-bond acceptors (Lipinski definition) is 8. The molecule has 0 spiro atoms. The van der Waals surface area contributed by atoms with Crippen molar-refractivity contribution in [3.05, 3.63) is 65.5 Å². The van der Waals surface area contributed by atoms with Crippen LogP contribution in [-0.4, -0.2) is 31.1 Å². The number of nitrogens with one attached hydrogen (secondary N) is 1. The van der Waals surface area contributed by atoms with Gasteiger partial charge in [-0.25, -0.2) is 4.98 Å². The fraction of sp³-hybridized carbons (Fsp3) is 0.0526. The number of hydrogen-bond donors (Lipinski definition) is 3. The number of benzene rings is 2. The van der Waals surface area contributed by atoms with E-state index in [4.69, 9.17) is 11.5 Å².